The van der Waals surface area contributed by atoms with Crippen molar-refractivity contribution in [2.75, 3.05) is 19.4 Å². The van der Waals surface area contributed by atoms with Gasteiger partial charge in [-0.25, -0.2) is 4.79 Å². The normalized spacial score (nSPS) is 11.2. The predicted molar refractivity (Wildman–Crippen MR) is 136 cm³/mol. The molecule has 0 heterocycles. The van der Waals surface area contributed by atoms with Crippen molar-refractivity contribution in [2.24, 2.45) is 0 Å². The van der Waals surface area contributed by atoms with Crippen LogP contribution in [0.1, 0.15) is 30.0 Å². The van der Waals surface area contributed by atoms with Crippen molar-refractivity contribution in [1.29, 1.82) is 0 Å². The molecule has 5 heteroatoms. The summed E-state index contributed by atoms with van der Waals surface area (Å²) < 4.78 is 10.1. The van der Waals surface area contributed by atoms with Crippen molar-refractivity contribution in [3.63, 3.8) is 0 Å². The van der Waals surface area contributed by atoms with Gasteiger partial charge in [0.05, 0.1) is 12.8 Å². The summed E-state index contributed by atoms with van der Waals surface area (Å²) in [7, 11) is -2.00. The Morgan fingerprint density at radius 2 is 1.18 bits per heavy atom. The molecule has 0 N–H and O–H groups in total. The topological polar surface area (TPSA) is 52.6 Å². The smallest absolute Gasteiger partial charge is 0.344 e. The van der Waals surface area contributed by atoms with Gasteiger partial charge in [0.15, 0.2) is 6.61 Å². The lowest BCUT2D eigenvalue weighted by atomic mass is 10.2. The molecule has 0 fully saturated rings. The van der Waals surface area contributed by atoms with E-state index in [9.17, 15) is 9.59 Å². The molecule has 0 amide bonds. The van der Waals surface area contributed by atoms with E-state index in [1.165, 1.54) is 39.5 Å². The molecule has 0 aliphatic carbocycles. The zero-order chi connectivity index (χ0) is 23.8. The molecule has 3 aromatic rings. The summed E-state index contributed by atoms with van der Waals surface area (Å²) >= 11 is 0. The summed E-state index contributed by atoms with van der Waals surface area (Å²) in [4.78, 5) is 22.9. The predicted octanol–water partition coefficient (Wildman–Crippen LogP) is 4.40. The van der Waals surface area contributed by atoms with E-state index in [-0.39, 0.29) is 13.2 Å². The molecule has 0 atom stereocenters. The van der Waals surface area contributed by atoms with Gasteiger partial charge < -0.3 is 9.47 Å². The van der Waals surface area contributed by atoms with E-state index in [4.69, 9.17) is 9.47 Å². The fourth-order valence-corrected chi connectivity index (χ4v) is 8.69. The van der Waals surface area contributed by atoms with Crippen molar-refractivity contribution in [3.8, 4) is 0 Å². The van der Waals surface area contributed by atoms with Crippen molar-refractivity contribution >= 4 is 35.1 Å². The van der Waals surface area contributed by atoms with Gasteiger partial charge in [0.1, 0.15) is 23.2 Å². The van der Waals surface area contributed by atoms with Gasteiger partial charge in [-0.2, -0.15) is 0 Å². The zero-order valence-electron chi connectivity index (χ0n) is 19.8. The number of esters is 2. The average Bonchev–Trinajstić information content (AvgIpc) is 2.78. The first-order chi connectivity index (χ1) is 15.8. The summed E-state index contributed by atoms with van der Waals surface area (Å²) in [5.41, 5.74) is 3.68. The van der Waals surface area contributed by atoms with E-state index in [2.05, 4.69) is 93.6 Å². The van der Waals surface area contributed by atoms with Crippen molar-refractivity contribution in [3.05, 3.63) is 89.5 Å². The lowest BCUT2D eigenvalue weighted by Gasteiger charge is -2.28. The molecule has 0 saturated heterocycles. The van der Waals surface area contributed by atoms with Gasteiger partial charge in [0, 0.05) is 13.3 Å². The Morgan fingerprint density at radius 3 is 1.58 bits per heavy atom. The third-order valence-electron chi connectivity index (χ3n) is 5.62. The fraction of sp³-hybridized carbons (Fsp3) is 0.286. The second-order valence-electron chi connectivity index (χ2n) is 8.40. The SMILES string of the molecule is CC(=O)OCC(=O)OCCC[P+](c1cccc(C)c1)(c1cccc(C)c1)c1cccc(C)c1. The molecule has 4 nitrogen and oxygen atoms in total. The van der Waals surface area contributed by atoms with Crippen LogP contribution in [-0.4, -0.2) is 31.3 Å². The standard InChI is InChI=1S/C28H32O4P/c1-21-9-5-12-25(17-21)33(26-13-6-10-22(2)18-26,27-14-7-11-23(3)19-27)16-8-15-31-28(30)20-32-24(4)29/h5-7,9-14,17-19H,8,15-16,20H2,1-4H3/q+1. The third-order valence-corrected chi connectivity index (χ3v) is 10.1. The molecule has 0 aliphatic heterocycles. The highest BCUT2D eigenvalue weighted by Gasteiger charge is 2.45. The Labute approximate surface area is 197 Å². The maximum absolute atomic E-state index is 11.9. The van der Waals surface area contributed by atoms with Crippen LogP contribution in [0.3, 0.4) is 0 Å². The fourth-order valence-electron chi connectivity index (χ4n) is 4.12. The molecule has 172 valence electrons. The number of carbonyl (C=O) groups excluding carboxylic acids is 2. The van der Waals surface area contributed by atoms with E-state index in [1.54, 1.807) is 0 Å². The molecular formula is C28H32O4P+. The van der Waals surface area contributed by atoms with Gasteiger partial charge in [0.2, 0.25) is 0 Å². The molecule has 3 aromatic carbocycles. The number of hydrogen-bond donors (Lipinski definition) is 0. The lowest BCUT2D eigenvalue weighted by molar-refractivity contribution is -0.157. The van der Waals surface area contributed by atoms with E-state index < -0.39 is 19.2 Å². The Bertz CT molecular complexity index is 1010. The molecule has 0 bridgehead atoms. The van der Waals surface area contributed by atoms with Gasteiger partial charge in [-0.3, -0.25) is 4.79 Å². The molecular weight excluding hydrogens is 431 g/mol. The number of carbonyl (C=O) groups is 2. The second kappa shape index (κ2) is 11.2. The summed E-state index contributed by atoms with van der Waals surface area (Å²) in [6.45, 7) is 7.59. The summed E-state index contributed by atoms with van der Waals surface area (Å²) in [6.07, 6.45) is 1.57. The first kappa shape index (κ1) is 24.7. The van der Waals surface area contributed by atoms with E-state index >= 15 is 0 Å². The molecule has 0 aliphatic rings. The Morgan fingerprint density at radius 1 is 0.727 bits per heavy atom. The molecule has 0 spiro atoms. The molecule has 33 heavy (non-hydrogen) atoms. The average molecular weight is 464 g/mol. The summed E-state index contributed by atoms with van der Waals surface area (Å²) in [5.74, 6) is -1.01. The highest BCUT2D eigenvalue weighted by Crippen LogP contribution is 2.56. The molecule has 0 radical (unpaired) electrons. The highest BCUT2D eigenvalue weighted by molar-refractivity contribution is 7.95. The van der Waals surface area contributed by atoms with Crippen LogP contribution in [-0.2, 0) is 19.1 Å². The number of rotatable bonds is 9. The van der Waals surface area contributed by atoms with Crippen molar-refractivity contribution in [2.45, 2.75) is 34.1 Å². The first-order valence-corrected chi connectivity index (χ1v) is 13.2. The van der Waals surface area contributed by atoms with Gasteiger partial charge in [-0.15, -0.1) is 0 Å². The summed E-state index contributed by atoms with van der Waals surface area (Å²) in [5, 5.41) is 3.97. The lowest BCUT2D eigenvalue weighted by Crippen LogP contribution is -2.34. The van der Waals surface area contributed by atoms with Gasteiger partial charge >= 0.3 is 11.9 Å². The zero-order valence-corrected chi connectivity index (χ0v) is 20.7. The van der Waals surface area contributed by atoms with Crippen LogP contribution in [0.2, 0.25) is 0 Å². The maximum atomic E-state index is 11.9. The maximum Gasteiger partial charge on any atom is 0.344 e. The minimum Gasteiger partial charge on any atom is -0.463 e. The molecule has 0 saturated carbocycles. The van der Waals surface area contributed by atoms with Crippen molar-refractivity contribution < 1.29 is 19.1 Å². The van der Waals surface area contributed by atoms with Gasteiger partial charge in [-0.05, 0) is 73.9 Å². The van der Waals surface area contributed by atoms with Crippen LogP contribution in [0.15, 0.2) is 72.8 Å². The van der Waals surface area contributed by atoms with Crippen LogP contribution in [0.4, 0.5) is 0 Å². The number of benzene rings is 3. The number of hydrogen-bond acceptors (Lipinski definition) is 4. The summed E-state index contributed by atoms with van der Waals surface area (Å²) in [6, 6.07) is 26.4. The number of ether oxygens (including phenoxy) is 2. The monoisotopic (exact) mass is 463 g/mol. The quantitative estimate of drug-likeness (QED) is 0.268. The Kier molecular flexibility index (Phi) is 8.41. The van der Waals surface area contributed by atoms with Crippen LogP contribution >= 0.6 is 7.26 Å². The second-order valence-corrected chi connectivity index (χ2v) is 12.0. The number of aryl methyl sites for hydroxylation is 3. The van der Waals surface area contributed by atoms with Gasteiger partial charge in [-0.1, -0.05) is 36.4 Å². The molecule has 3 rings (SSSR count). The van der Waals surface area contributed by atoms with Crippen LogP contribution in [0.25, 0.3) is 0 Å². The Hall–Kier alpha value is -2.97. The van der Waals surface area contributed by atoms with Gasteiger partial charge in [0.25, 0.3) is 0 Å². The minimum atomic E-state index is -2.00. The third kappa shape index (κ3) is 6.30. The van der Waals surface area contributed by atoms with E-state index in [1.807, 2.05) is 0 Å². The van der Waals surface area contributed by atoms with E-state index in [0.717, 1.165) is 6.16 Å². The van der Waals surface area contributed by atoms with Crippen LogP contribution in [0, 0.1) is 20.8 Å². The van der Waals surface area contributed by atoms with E-state index in [0.29, 0.717) is 6.42 Å². The largest absolute Gasteiger partial charge is 0.463 e. The highest BCUT2D eigenvalue weighted by atomic mass is 31.2. The first-order valence-electron chi connectivity index (χ1n) is 11.2. The molecule has 0 aromatic heterocycles. The van der Waals surface area contributed by atoms with Crippen molar-refractivity contribution in [1.82, 2.24) is 0 Å². The van der Waals surface area contributed by atoms with Crippen LogP contribution in [0.5, 0.6) is 0 Å². The van der Waals surface area contributed by atoms with Crippen LogP contribution < -0.4 is 15.9 Å². The minimum absolute atomic E-state index is 0.283. The molecule has 0 unspecified atom stereocenters. The Balaban J connectivity index is 2.00.